The predicted molar refractivity (Wildman–Crippen MR) is 128 cm³/mol. The highest BCUT2D eigenvalue weighted by Gasteiger charge is 2.54. The molecule has 2 aromatic carbocycles. The maximum atomic E-state index is 13.5. The van der Waals surface area contributed by atoms with Gasteiger partial charge >= 0.3 is 0 Å². The van der Waals surface area contributed by atoms with Gasteiger partial charge < -0.3 is 5.32 Å². The number of benzene rings is 2. The van der Waals surface area contributed by atoms with Crippen LogP contribution in [0.2, 0.25) is 0 Å². The number of nitrogens with zero attached hydrogens (tertiary/aromatic N) is 1. The monoisotopic (exact) mass is 418 g/mol. The summed E-state index contributed by atoms with van der Waals surface area (Å²) in [6, 6.07) is 21.6. The molecule has 1 amide bonds. The van der Waals surface area contributed by atoms with E-state index in [1.54, 1.807) is 0 Å². The lowest BCUT2D eigenvalue weighted by Crippen LogP contribution is -2.57. The molecule has 0 radical (unpaired) electrons. The number of rotatable bonds is 9. The van der Waals surface area contributed by atoms with Crippen molar-refractivity contribution >= 4 is 5.91 Å². The molecule has 2 aromatic rings. The standard InChI is InChI=1S/C28H38N2O/c1-3-5-17-30(18-6-4-2)28-19-24(22-13-9-7-10-14-22)26(27(31)29-21-28)25(20-28)23-15-11-8-12-16-23/h7-16,24-26H,3-6,17-21H2,1-2H3,(H,29,31). The predicted octanol–water partition coefficient (Wildman–Crippen LogP) is 5.73. The average molecular weight is 419 g/mol. The molecule has 3 nitrogen and oxygen atoms in total. The number of hydrogen-bond acceptors (Lipinski definition) is 2. The largest absolute Gasteiger partial charge is 0.354 e. The van der Waals surface area contributed by atoms with Crippen molar-refractivity contribution in [1.29, 1.82) is 0 Å². The average Bonchev–Trinajstić information content (AvgIpc) is 3.06. The van der Waals surface area contributed by atoms with Crippen LogP contribution in [-0.2, 0) is 4.79 Å². The molecule has 0 aromatic heterocycles. The van der Waals surface area contributed by atoms with Gasteiger partial charge in [0.2, 0.25) is 5.91 Å². The van der Waals surface area contributed by atoms with Gasteiger partial charge in [0.25, 0.3) is 0 Å². The van der Waals surface area contributed by atoms with Gasteiger partial charge in [-0.05, 0) is 61.7 Å². The Bertz CT molecular complexity index is 777. The van der Waals surface area contributed by atoms with Gasteiger partial charge in [-0.3, -0.25) is 9.69 Å². The first-order valence-electron chi connectivity index (χ1n) is 12.3. The summed E-state index contributed by atoms with van der Waals surface area (Å²) >= 11 is 0. The van der Waals surface area contributed by atoms with E-state index < -0.39 is 0 Å². The molecule has 1 N–H and O–H groups in total. The van der Waals surface area contributed by atoms with E-state index in [1.807, 2.05) is 0 Å². The maximum absolute atomic E-state index is 13.5. The number of carbonyl (C=O) groups excluding carboxylic acids is 1. The van der Waals surface area contributed by atoms with Crippen molar-refractivity contribution < 1.29 is 4.79 Å². The van der Waals surface area contributed by atoms with Crippen molar-refractivity contribution in [3.8, 4) is 0 Å². The Hall–Kier alpha value is -2.13. The molecule has 3 fully saturated rings. The number of carbonyl (C=O) groups is 1. The lowest BCUT2D eigenvalue weighted by Gasteiger charge is -2.51. The Labute approximate surface area is 188 Å². The molecule has 3 aliphatic rings. The van der Waals surface area contributed by atoms with Crippen molar-refractivity contribution in [1.82, 2.24) is 10.2 Å². The molecule has 0 spiro atoms. The van der Waals surface area contributed by atoms with Gasteiger partial charge in [0.1, 0.15) is 0 Å². The minimum absolute atomic E-state index is 0.000347. The van der Waals surface area contributed by atoms with E-state index in [1.165, 1.54) is 36.8 Å². The second-order valence-electron chi connectivity index (χ2n) is 9.60. The molecule has 1 saturated carbocycles. The summed E-state index contributed by atoms with van der Waals surface area (Å²) in [7, 11) is 0. The summed E-state index contributed by atoms with van der Waals surface area (Å²) < 4.78 is 0. The highest BCUT2D eigenvalue weighted by atomic mass is 16.2. The third-order valence-corrected chi connectivity index (χ3v) is 7.65. The molecule has 31 heavy (non-hydrogen) atoms. The van der Waals surface area contributed by atoms with E-state index >= 15 is 0 Å². The van der Waals surface area contributed by atoms with Crippen LogP contribution < -0.4 is 5.32 Å². The van der Waals surface area contributed by atoms with Gasteiger partial charge in [-0.15, -0.1) is 0 Å². The molecular formula is C28H38N2O. The van der Waals surface area contributed by atoms with Crippen molar-refractivity contribution in [2.24, 2.45) is 5.92 Å². The lowest BCUT2D eigenvalue weighted by molar-refractivity contribution is -0.125. The first-order valence-corrected chi connectivity index (χ1v) is 12.3. The number of fused-ring (bicyclic) bond motifs is 4. The third-order valence-electron chi connectivity index (χ3n) is 7.65. The van der Waals surface area contributed by atoms with Crippen molar-refractivity contribution in [2.75, 3.05) is 19.6 Å². The van der Waals surface area contributed by atoms with E-state index in [-0.39, 0.29) is 29.2 Å². The zero-order valence-corrected chi connectivity index (χ0v) is 19.2. The van der Waals surface area contributed by atoms with Crippen LogP contribution in [0.5, 0.6) is 0 Å². The van der Waals surface area contributed by atoms with E-state index in [0.717, 1.165) is 32.5 Å². The smallest absolute Gasteiger partial charge is 0.224 e. The fourth-order valence-electron chi connectivity index (χ4n) is 6.02. The van der Waals surface area contributed by atoms with Gasteiger partial charge in [0.05, 0.1) is 5.92 Å². The molecule has 166 valence electrons. The van der Waals surface area contributed by atoms with Gasteiger partial charge in [-0.25, -0.2) is 0 Å². The molecule has 2 unspecified atom stereocenters. The van der Waals surface area contributed by atoms with Gasteiger partial charge in [0.15, 0.2) is 0 Å². The van der Waals surface area contributed by atoms with Crippen LogP contribution in [0.1, 0.15) is 75.3 Å². The first kappa shape index (κ1) is 22.1. The molecule has 2 heterocycles. The van der Waals surface area contributed by atoms with Crippen molar-refractivity contribution in [3.05, 3.63) is 71.8 Å². The minimum atomic E-state index is -0.000347. The normalized spacial score (nSPS) is 27.8. The molecule has 2 aliphatic heterocycles. The maximum Gasteiger partial charge on any atom is 0.224 e. The van der Waals surface area contributed by atoms with Gasteiger partial charge in [-0.1, -0.05) is 87.4 Å². The van der Waals surface area contributed by atoms with Gasteiger partial charge in [0, 0.05) is 12.1 Å². The molecule has 1 aliphatic carbocycles. The van der Waals surface area contributed by atoms with Crippen molar-refractivity contribution in [3.63, 3.8) is 0 Å². The minimum Gasteiger partial charge on any atom is -0.354 e. The fourth-order valence-corrected chi connectivity index (χ4v) is 6.02. The summed E-state index contributed by atoms with van der Waals surface area (Å²) in [6.07, 6.45) is 6.98. The Balaban J connectivity index is 1.79. The van der Waals surface area contributed by atoms with Crippen LogP contribution >= 0.6 is 0 Å². The zero-order valence-electron chi connectivity index (χ0n) is 19.2. The Morgan fingerprint density at radius 3 is 1.77 bits per heavy atom. The molecule has 2 atom stereocenters. The number of hydrogen-bond donors (Lipinski definition) is 1. The highest BCUT2D eigenvalue weighted by Crippen LogP contribution is 2.53. The van der Waals surface area contributed by atoms with E-state index in [2.05, 4.69) is 84.7 Å². The number of amides is 1. The second-order valence-corrected chi connectivity index (χ2v) is 9.60. The summed E-state index contributed by atoms with van der Waals surface area (Å²) in [6.45, 7) is 7.59. The molecule has 3 heteroatoms. The van der Waals surface area contributed by atoms with E-state index in [9.17, 15) is 4.79 Å². The quantitative estimate of drug-likeness (QED) is 0.564. The molecule has 2 saturated heterocycles. The van der Waals surface area contributed by atoms with Crippen LogP contribution in [0.3, 0.4) is 0 Å². The van der Waals surface area contributed by atoms with Crippen LogP contribution in [0.15, 0.2) is 60.7 Å². The summed E-state index contributed by atoms with van der Waals surface area (Å²) in [5, 5.41) is 3.40. The van der Waals surface area contributed by atoms with Crippen LogP contribution in [0.4, 0.5) is 0 Å². The van der Waals surface area contributed by atoms with E-state index in [0.29, 0.717) is 0 Å². The van der Waals surface area contributed by atoms with Crippen molar-refractivity contribution in [2.45, 2.75) is 69.7 Å². The van der Waals surface area contributed by atoms with Crippen LogP contribution in [0.25, 0.3) is 0 Å². The highest BCUT2D eigenvalue weighted by molar-refractivity contribution is 5.82. The van der Waals surface area contributed by atoms with E-state index in [4.69, 9.17) is 0 Å². The third kappa shape index (κ3) is 4.57. The summed E-state index contributed by atoms with van der Waals surface area (Å²) in [5.74, 6) is 0.759. The van der Waals surface area contributed by atoms with Crippen LogP contribution in [-0.4, -0.2) is 36.0 Å². The molecule has 2 bridgehead atoms. The Morgan fingerprint density at radius 2 is 1.32 bits per heavy atom. The van der Waals surface area contributed by atoms with Gasteiger partial charge in [-0.2, -0.15) is 0 Å². The zero-order chi connectivity index (χ0) is 21.7. The first-order chi connectivity index (χ1) is 15.2. The Morgan fingerprint density at radius 1 is 0.839 bits per heavy atom. The molecular weight excluding hydrogens is 380 g/mol. The lowest BCUT2D eigenvalue weighted by atomic mass is 9.61. The summed E-state index contributed by atoms with van der Waals surface area (Å²) in [4.78, 5) is 16.3. The second kappa shape index (κ2) is 9.99. The fraction of sp³-hybridized carbons (Fsp3) is 0.536. The summed E-state index contributed by atoms with van der Waals surface area (Å²) in [5.41, 5.74) is 2.66. The SMILES string of the molecule is CCCCN(CCCC)C12CNC(=O)C(C(c3ccccc3)C1)C(c1ccccc1)C2. The number of nitrogens with one attached hydrogen (secondary N) is 1. The Kier molecular flexibility index (Phi) is 7.12. The number of unbranched alkanes of at least 4 members (excludes halogenated alkanes) is 2. The van der Waals surface area contributed by atoms with Crippen LogP contribution in [0, 0.1) is 5.92 Å². The molecule has 5 rings (SSSR count). The topological polar surface area (TPSA) is 32.3 Å².